The van der Waals surface area contributed by atoms with Crippen LogP contribution in [0.3, 0.4) is 0 Å². The van der Waals surface area contributed by atoms with E-state index in [0.717, 1.165) is 22.2 Å². The lowest BCUT2D eigenvalue weighted by Gasteiger charge is -2.23. The molecule has 0 radical (unpaired) electrons. The van der Waals surface area contributed by atoms with Crippen molar-refractivity contribution in [3.63, 3.8) is 0 Å². The number of carboxylic acids is 1. The average molecular weight is 336 g/mol. The highest BCUT2D eigenvalue weighted by Gasteiger charge is 2.35. The van der Waals surface area contributed by atoms with Gasteiger partial charge in [0.1, 0.15) is 4.32 Å². The highest BCUT2D eigenvalue weighted by Crippen LogP contribution is 2.36. The quantitative estimate of drug-likeness (QED) is 0.595. The van der Waals surface area contributed by atoms with Crippen molar-refractivity contribution in [2.75, 3.05) is 6.79 Å². The van der Waals surface area contributed by atoms with E-state index in [9.17, 15) is 14.7 Å². The Morgan fingerprint density at radius 1 is 1.45 bits per heavy atom. The van der Waals surface area contributed by atoms with Crippen molar-refractivity contribution in [3.8, 4) is 11.5 Å². The van der Waals surface area contributed by atoms with Crippen molar-refractivity contribution >= 4 is 46.3 Å². The number of fused-ring (bicyclic) bond motifs is 1. The molecule has 0 unspecified atom stereocenters. The molecule has 8 heteroatoms. The molecule has 0 saturated carbocycles. The zero-order chi connectivity index (χ0) is 15.9. The number of amides is 1. The molecule has 0 N–H and O–H groups in total. The van der Waals surface area contributed by atoms with E-state index in [2.05, 4.69) is 0 Å². The van der Waals surface area contributed by atoms with E-state index >= 15 is 0 Å². The first-order chi connectivity index (χ1) is 10.5. The molecule has 0 aliphatic carbocycles. The van der Waals surface area contributed by atoms with Gasteiger partial charge in [0, 0.05) is 0 Å². The average Bonchev–Trinajstić information content (AvgIpc) is 3.03. The normalized spacial score (nSPS) is 19.9. The highest BCUT2D eigenvalue weighted by atomic mass is 32.2. The number of hydrogen-bond donors (Lipinski definition) is 0. The van der Waals surface area contributed by atoms with Crippen molar-refractivity contribution < 1.29 is 24.2 Å². The van der Waals surface area contributed by atoms with Crippen LogP contribution in [0.2, 0.25) is 0 Å². The number of thioether (sulfide) groups is 1. The summed E-state index contributed by atoms with van der Waals surface area (Å²) in [6.07, 6.45) is 1.64. The van der Waals surface area contributed by atoms with Gasteiger partial charge in [-0.15, -0.1) is 0 Å². The number of hydrogen-bond acceptors (Lipinski definition) is 7. The number of rotatable bonds is 3. The van der Waals surface area contributed by atoms with Gasteiger partial charge in [-0.25, -0.2) is 0 Å². The van der Waals surface area contributed by atoms with Crippen LogP contribution < -0.4 is 14.6 Å². The van der Waals surface area contributed by atoms with Crippen molar-refractivity contribution in [2.45, 2.75) is 13.0 Å². The van der Waals surface area contributed by atoms with Crippen molar-refractivity contribution in [3.05, 3.63) is 28.7 Å². The second-order valence-electron chi connectivity index (χ2n) is 4.66. The first-order valence-electron chi connectivity index (χ1n) is 6.35. The summed E-state index contributed by atoms with van der Waals surface area (Å²) in [5.74, 6) is -0.535. The summed E-state index contributed by atoms with van der Waals surface area (Å²) in [7, 11) is 0. The second-order valence-corrected chi connectivity index (χ2v) is 6.34. The predicted octanol–water partition coefficient (Wildman–Crippen LogP) is 0.755. The largest absolute Gasteiger partial charge is 0.548 e. The van der Waals surface area contributed by atoms with Gasteiger partial charge in [0.05, 0.1) is 16.9 Å². The molecule has 2 heterocycles. The molecule has 0 spiro atoms. The SMILES string of the molecule is C[C@H](C(=O)[O-])N1C(=O)/C(=C\c2ccc3c(c2)OCO3)SC1=S. The van der Waals surface area contributed by atoms with Gasteiger partial charge < -0.3 is 19.4 Å². The second kappa shape index (κ2) is 5.62. The Balaban J connectivity index is 1.88. The van der Waals surface area contributed by atoms with Gasteiger partial charge in [0.15, 0.2) is 11.5 Å². The molecular weight excluding hydrogens is 326 g/mol. The molecule has 2 aliphatic rings. The number of ether oxygens (including phenoxy) is 2. The van der Waals surface area contributed by atoms with Crippen LogP contribution in [-0.2, 0) is 9.59 Å². The molecule has 22 heavy (non-hydrogen) atoms. The van der Waals surface area contributed by atoms with Crippen LogP contribution >= 0.6 is 24.0 Å². The fourth-order valence-corrected chi connectivity index (χ4v) is 3.49. The maximum absolute atomic E-state index is 12.3. The Hall–Kier alpha value is -2.06. The van der Waals surface area contributed by atoms with Gasteiger partial charge in [-0.1, -0.05) is 30.0 Å². The maximum atomic E-state index is 12.3. The van der Waals surface area contributed by atoms with E-state index in [1.54, 1.807) is 24.3 Å². The molecule has 6 nitrogen and oxygen atoms in total. The molecule has 0 aromatic heterocycles. The van der Waals surface area contributed by atoms with E-state index in [4.69, 9.17) is 21.7 Å². The van der Waals surface area contributed by atoms with Crippen LogP contribution in [0.15, 0.2) is 23.1 Å². The minimum absolute atomic E-state index is 0.171. The fourth-order valence-electron chi connectivity index (χ4n) is 2.07. The monoisotopic (exact) mass is 336 g/mol. The lowest BCUT2D eigenvalue weighted by atomic mass is 10.2. The molecule has 114 valence electrons. The molecule has 3 rings (SSSR count). The molecule has 2 aliphatic heterocycles. The molecule has 1 aromatic rings. The lowest BCUT2D eigenvalue weighted by Crippen LogP contribution is -2.48. The van der Waals surface area contributed by atoms with E-state index in [1.807, 2.05) is 0 Å². The summed E-state index contributed by atoms with van der Waals surface area (Å²) in [6, 6.07) is 4.17. The first-order valence-corrected chi connectivity index (χ1v) is 7.57. The lowest BCUT2D eigenvalue weighted by molar-refractivity contribution is -0.309. The van der Waals surface area contributed by atoms with E-state index in [-0.39, 0.29) is 11.1 Å². The fraction of sp³-hybridized carbons (Fsp3) is 0.214. The molecule has 0 bridgehead atoms. The third kappa shape index (κ3) is 2.55. The molecular formula is C14H10NO5S2-. The minimum Gasteiger partial charge on any atom is -0.548 e. The molecule has 1 aromatic carbocycles. The number of carbonyl (C=O) groups is 2. The van der Waals surface area contributed by atoms with E-state index in [1.165, 1.54) is 6.92 Å². The smallest absolute Gasteiger partial charge is 0.266 e. The van der Waals surface area contributed by atoms with Crippen molar-refractivity contribution in [1.82, 2.24) is 4.90 Å². The first kappa shape index (κ1) is 14.9. The number of carboxylic acid groups (broad SMARTS) is 1. The van der Waals surface area contributed by atoms with Gasteiger partial charge in [-0.05, 0) is 30.7 Å². The van der Waals surface area contributed by atoms with E-state index < -0.39 is 17.9 Å². The van der Waals surface area contributed by atoms with Crippen LogP contribution in [0.25, 0.3) is 6.08 Å². The number of carbonyl (C=O) groups excluding carboxylic acids is 2. The van der Waals surface area contributed by atoms with Crippen molar-refractivity contribution in [2.24, 2.45) is 0 Å². The summed E-state index contributed by atoms with van der Waals surface area (Å²) >= 11 is 6.14. The van der Waals surface area contributed by atoms with Crippen LogP contribution in [0, 0.1) is 0 Å². The number of nitrogens with zero attached hydrogens (tertiary/aromatic N) is 1. The zero-order valence-electron chi connectivity index (χ0n) is 11.4. The molecule has 1 amide bonds. The van der Waals surface area contributed by atoms with Crippen LogP contribution in [0.4, 0.5) is 0 Å². The third-order valence-electron chi connectivity index (χ3n) is 3.25. The summed E-state index contributed by atoms with van der Waals surface area (Å²) in [6.45, 7) is 1.54. The highest BCUT2D eigenvalue weighted by molar-refractivity contribution is 8.26. The van der Waals surface area contributed by atoms with E-state index in [0.29, 0.717) is 16.4 Å². The Morgan fingerprint density at radius 3 is 2.91 bits per heavy atom. The maximum Gasteiger partial charge on any atom is 0.266 e. The number of aliphatic carboxylic acids is 1. The number of thiocarbonyl (C=S) groups is 1. The Kier molecular flexibility index (Phi) is 3.79. The van der Waals surface area contributed by atoms with Crippen LogP contribution in [0.5, 0.6) is 11.5 Å². The van der Waals surface area contributed by atoms with Gasteiger partial charge in [-0.2, -0.15) is 0 Å². The van der Waals surface area contributed by atoms with Gasteiger partial charge in [0.2, 0.25) is 6.79 Å². The molecule has 1 saturated heterocycles. The topological polar surface area (TPSA) is 78.9 Å². The molecule has 1 fully saturated rings. The van der Waals surface area contributed by atoms with Gasteiger partial charge in [-0.3, -0.25) is 9.69 Å². The third-order valence-corrected chi connectivity index (χ3v) is 4.58. The standard InChI is InChI=1S/C14H11NO5S2/c1-7(13(17)18)15-12(16)11(22-14(15)21)5-8-2-3-9-10(4-8)20-6-19-9/h2-5,7H,6H2,1H3,(H,17,18)/p-1/b11-5+/t7-/m1/s1. The summed E-state index contributed by atoms with van der Waals surface area (Å²) < 4.78 is 10.7. The zero-order valence-corrected chi connectivity index (χ0v) is 13.0. The Morgan fingerprint density at radius 2 is 2.18 bits per heavy atom. The van der Waals surface area contributed by atoms with Crippen molar-refractivity contribution in [1.29, 1.82) is 0 Å². The molecule has 1 atom stereocenters. The predicted molar refractivity (Wildman–Crippen MR) is 82.0 cm³/mol. The summed E-state index contributed by atoms with van der Waals surface area (Å²) in [4.78, 5) is 24.7. The van der Waals surface area contributed by atoms with Crippen LogP contribution in [-0.4, -0.2) is 33.9 Å². The number of benzene rings is 1. The summed E-state index contributed by atoms with van der Waals surface area (Å²) in [5.41, 5.74) is 0.742. The van der Waals surface area contributed by atoms with Gasteiger partial charge >= 0.3 is 0 Å². The van der Waals surface area contributed by atoms with Gasteiger partial charge in [0.25, 0.3) is 5.91 Å². The summed E-state index contributed by atoms with van der Waals surface area (Å²) in [5, 5.41) is 10.9. The minimum atomic E-state index is -1.35. The Labute approximate surface area is 135 Å². The van der Waals surface area contributed by atoms with Crippen LogP contribution in [0.1, 0.15) is 12.5 Å². The Bertz CT molecular complexity index is 715.